The summed E-state index contributed by atoms with van der Waals surface area (Å²) < 4.78 is 0. The molecule has 3 amide bonds. The third-order valence-corrected chi connectivity index (χ3v) is 6.62. The van der Waals surface area contributed by atoms with E-state index in [0.29, 0.717) is 18.4 Å². The van der Waals surface area contributed by atoms with Gasteiger partial charge in [-0.25, -0.2) is 4.79 Å². The summed E-state index contributed by atoms with van der Waals surface area (Å²) in [5, 5.41) is 35.7. The number of hydrogen-bond acceptors (Lipinski definition) is 7. The molecule has 0 radical (unpaired) electrons. The first-order chi connectivity index (χ1) is 17.8. The summed E-state index contributed by atoms with van der Waals surface area (Å²) in [4.78, 5) is 61.9. The maximum atomic E-state index is 13.2. The maximum absolute atomic E-state index is 13.2. The smallest absolute Gasteiger partial charge is 0.326 e. The lowest BCUT2D eigenvalue weighted by Crippen LogP contribution is -2.59. The molecule has 0 aliphatic rings. The van der Waals surface area contributed by atoms with Crippen molar-refractivity contribution in [3.8, 4) is 5.75 Å². The highest BCUT2D eigenvalue weighted by molar-refractivity contribution is 5.94. The number of phenolic OH excluding ortho intramolecular Hbond substituents is 1. The van der Waals surface area contributed by atoms with E-state index in [0.717, 1.165) is 0 Å². The molecule has 0 aliphatic carbocycles. The van der Waals surface area contributed by atoms with Crippen LogP contribution in [-0.2, 0) is 30.4 Å². The predicted octanol–water partition coefficient (Wildman–Crippen LogP) is 0.758. The van der Waals surface area contributed by atoms with Crippen molar-refractivity contribution in [2.24, 2.45) is 17.6 Å². The fourth-order valence-corrected chi connectivity index (χ4v) is 3.60. The number of aliphatic carboxylic acids is 2. The van der Waals surface area contributed by atoms with Crippen molar-refractivity contribution in [2.75, 3.05) is 0 Å². The lowest BCUT2D eigenvalue weighted by molar-refractivity contribution is -0.142. The van der Waals surface area contributed by atoms with Crippen molar-refractivity contribution in [3.05, 3.63) is 29.8 Å². The zero-order chi connectivity index (χ0) is 29.0. The average molecular weight is 537 g/mol. The van der Waals surface area contributed by atoms with Crippen molar-refractivity contribution in [1.82, 2.24) is 16.0 Å². The van der Waals surface area contributed by atoms with Crippen LogP contribution in [-0.4, -0.2) is 69.1 Å². The summed E-state index contributed by atoms with van der Waals surface area (Å²) in [6.45, 7) is 7.12. The predicted molar refractivity (Wildman–Crippen MR) is 139 cm³/mol. The summed E-state index contributed by atoms with van der Waals surface area (Å²) >= 11 is 0. The van der Waals surface area contributed by atoms with E-state index in [1.807, 2.05) is 6.92 Å². The number of amides is 3. The molecule has 212 valence electrons. The molecule has 0 saturated heterocycles. The van der Waals surface area contributed by atoms with Gasteiger partial charge in [-0.3, -0.25) is 19.2 Å². The van der Waals surface area contributed by atoms with Crippen LogP contribution in [0.3, 0.4) is 0 Å². The number of aromatic hydroxyl groups is 1. The third-order valence-electron chi connectivity index (χ3n) is 6.62. The molecule has 6 atom stereocenters. The molecule has 0 saturated carbocycles. The highest BCUT2D eigenvalue weighted by atomic mass is 16.4. The van der Waals surface area contributed by atoms with Crippen LogP contribution in [0.25, 0.3) is 0 Å². The Balaban J connectivity index is 3.08. The molecule has 0 heterocycles. The summed E-state index contributed by atoms with van der Waals surface area (Å²) in [5.74, 6) is -5.17. The zero-order valence-electron chi connectivity index (χ0n) is 22.3. The summed E-state index contributed by atoms with van der Waals surface area (Å²) in [5.41, 5.74) is 6.52. The van der Waals surface area contributed by atoms with Crippen molar-refractivity contribution < 1.29 is 39.3 Å². The van der Waals surface area contributed by atoms with Crippen LogP contribution in [0.4, 0.5) is 0 Å². The molecule has 0 bridgehead atoms. The largest absolute Gasteiger partial charge is 0.508 e. The van der Waals surface area contributed by atoms with Gasteiger partial charge < -0.3 is 37.0 Å². The average Bonchev–Trinajstić information content (AvgIpc) is 2.88. The summed E-state index contributed by atoms with van der Waals surface area (Å²) in [7, 11) is 0. The van der Waals surface area contributed by atoms with Gasteiger partial charge in [-0.05, 0) is 36.0 Å². The van der Waals surface area contributed by atoms with Crippen molar-refractivity contribution >= 4 is 29.7 Å². The summed E-state index contributed by atoms with van der Waals surface area (Å²) in [6.07, 6.45) is 0.372. The molecule has 1 aromatic carbocycles. The number of benzene rings is 1. The molecule has 8 N–H and O–H groups in total. The molecule has 12 nitrogen and oxygen atoms in total. The zero-order valence-corrected chi connectivity index (χ0v) is 22.3. The van der Waals surface area contributed by atoms with Crippen LogP contribution in [0.5, 0.6) is 5.75 Å². The first-order valence-corrected chi connectivity index (χ1v) is 12.7. The minimum atomic E-state index is -1.31. The van der Waals surface area contributed by atoms with Gasteiger partial charge in [-0.1, -0.05) is 52.7 Å². The van der Waals surface area contributed by atoms with Gasteiger partial charge in [-0.15, -0.1) is 0 Å². The number of nitrogens with one attached hydrogen (secondary N) is 3. The number of nitrogens with two attached hydrogens (primary N) is 1. The van der Waals surface area contributed by atoms with E-state index in [-0.39, 0.29) is 24.5 Å². The number of phenols is 1. The normalized spacial score (nSPS) is 15.7. The van der Waals surface area contributed by atoms with E-state index in [4.69, 9.17) is 10.8 Å². The Labute approximate surface area is 222 Å². The molecule has 1 aromatic rings. The van der Waals surface area contributed by atoms with E-state index in [2.05, 4.69) is 16.0 Å². The number of hydrogen-bond donors (Lipinski definition) is 7. The molecule has 0 aromatic heterocycles. The second-order valence-electron chi connectivity index (χ2n) is 9.55. The lowest BCUT2D eigenvalue weighted by atomic mass is 9.96. The van der Waals surface area contributed by atoms with Crippen LogP contribution < -0.4 is 21.7 Å². The van der Waals surface area contributed by atoms with Crippen molar-refractivity contribution in [3.63, 3.8) is 0 Å². The first kappa shape index (κ1) is 32.4. The molecular weight excluding hydrogens is 496 g/mol. The minimum Gasteiger partial charge on any atom is -0.508 e. The Kier molecular flexibility index (Phi) is 13.2. The third kappa shape index (κ3) is 10.4. The Hall–Kier alpha value is -3.67. The van der Waals surface area contributed by atoms with Crippen LogP contribution in [0, 0.1) is 11.8 Å². The minimum absolute atomic E-state index is 0.0128. The number of carbonyl (C=O) groups excluding carboxylic acids is 3. The number of carbonyl (C=O) groups is 5. The van der Waals surface area contributed by atoms with Gasteiger partial charge in [0.05, 0.1) is 6.04 Å². The van der Waals surface area contributed by atoms with E-state index in [1.165, 1.54) is 24.3 Å². The molecular formula is C26H40N4O8. The SMILES string of the molecule is CCC(C)C(N)C(=O)NC(CCC(=O)O)C(=O)NC(C(=O)NC(Cc1ccc(O)cc1)C(=O)O)C(C)CC. The fraction of sp³-hybridized carbons (Fsp3) is 0.577. The molecule has 0 spiro atoms. The van der Waals surface area contributed by atoms with Gasteiger partial charge in [0.25, 0.3) is 0 Å². The Morgan fingerprint density at radius 3 is 1.87 bits per heavy atom. The highest BCUT2D eigenvalue weighted by Gasteiger charge is 2.33. The highest BCUT2D eigenvalue weighted by Crippen LogP contribution is 2.14. The molecule has 0 aliphatic heterocycles. The second-order valence-corrected chi connectivity index (χ2v) is 9.55. The Morgan fingerprint density at radius 1 is 0.816 bits per heavy atom. The van der Waals surface area contributed by atoms with Gasteiger partial charge in [0.1, 0.15) is 23.9 Å². The van der Waals surface area contributed by atoms with Gasteiger partial charge in [0.15, 0.2) is 0 Å². The van der Waals surface area contributed by atoms with Crippen molar-refractivity contribution in [2.45, 2.75) is 84.0 Å². The number of carboxylic acid groups (broad SMARTS) is 2. The molecule has 38 heavy (non-hydrogen) atoms. The van der Waals surface area contributed by atoms with Gasteiger partial charge in [-0.2, -0.15) is 0 Å². The Bertz CT molecular complexity index is 968. The van der Waals surface area contributed by atoms with E-state index in [9.17, 15) is 34.2 Å². The number of rotatable bonds is 16. The molecule has 6 unspecified atom stereocenters. The van der Waals surface area contributed by atoms with E-state index in [1.54, 1.807) is 20.8 Å². The maximum Gasteiger partial charge on any atom is 0.326 e. The van der Waals surface area contributed by atoms with Gasteiger partial charge in [0, 0.05) is 12.8 Å². The van der Waals surface area contributed by atoms with Crippen LogP contribution in [0.1, 0.15) is 58.9 Å². The molecule has 12 heteroatoms. The van der Waals surface area contributed by atoms with Crippen LogP contribution >= 0.6 is 0 Å². The lowest BCUT2D eigenvalue weighted by Gasteiger charge is -2.28. The van der Waals surface area contributed by atoms with E-state index < -0.39 is 66.2 Å². The van der Waals surface area contributed by atoms with Crippen LogP contribution in [0.15, 0.2) is 24.3 Å². The second kappa shape index (κ2) is 15.6. The quantitative estimate of drug-likeness (QED) is 0.159. The molecule has 0 fully saturated rings. The molecule has 1 rings (SSSR count). The van der Waals surface area contributed by atoms with Gasteiger partial charge >= 0.3 is 11.9 Å². The van der Waals surface area contributed by atoms with Gasteiger partial charge in [0.2, 0.25) is 17.7 Å². The van der Waals surface area contributed by atoms with Crippen molar-refractivity contribution in [1.29, 1.82) is 0 Å². The number of carboxylic acids is 2. The Morgan fingerprint density at radius 2 is 1.37 bits per heavy atom. The fourth-order valence-electron chi connectivity index (χ4n) is 3.60. The van der Waals surface area contributed by atoms with Crippen LogP contribution in [0.2, 0.25) is 0 Å². The summed E-state index contributed by atoms with van der Waals surface area (Å²) in [6, 6.07) is 1.23. The topological polar surface area (TPSA) is 208 Å². The standard InChI is InChI=1S/C26H40N4O8/c1-5-14(3)21(27)24(35)28-18(11-12-20(32)33)23(34)30-22(15(4)6-2)25(36)29-19(26(37)38)13-16-7-9-17(31)10-8-16/h7-10,14-15,18-19,21-22,31H,5-6,11-13,27H2,1-4H3,(H,28,35)(H,29,36)(H,30,34)(H,32,33)(H,37,38). The first-order valence-electron chi connectivity index (χ1n) is 12.7. The monoisotopic (exact) mass is 536 g/mol. The van der Waals surface area contributed by atoms with E-state index >= 15 is 0 Å².